The number of benzene rings is 2. The third kappa shape index (κ3) is 4.52. The number of anilines is 1. The molecule has 0 aliphatic rings. The van der Waals surface area contributed by atoms with Crippen LogP contribution in [-0.4, -0.2) is 28.9 Å². The van der Waals surface area contributed by atoms with Gasteiger partial charge in [0.2, 0.25) is 5.13 Å². The molecule has 0 fully saturated rings. The maximum atomic E-state index is 14.4. The van der Waals surface area contributed by atoms with Gasteiger partial charge in [0, 0.05) is 17.7 Å². The van der Waals surface area contributed by atoms with Gasteiger partial charge in [-0.2, -0.15) is 0 Å². The van der Waals surface area contributed by atoms with Crippen LogP contribution < -0.4 is 4.90 Å². The topological polar surface area (TPSA) is 63.2 Å². The summed E-state index contributed by atoms with van der Waals surface area (Å²) in [6.07, 6.45) is 2.38. The monoisotopic (exact) mass is 431 g/mol. The van der Waals surface area contributed by atoms with Crippen LogP contribution in [0.25, 0.3) is 10.6 Å². The summed E-state index contributed by atoms with van der Waals surface area (Å²) in [5, 5.41) is 9.30. The van der Waals surface area contributed by atoms with Gasteiger partial charge in [0.15, 0.2) is 5.82 Å². The molecule has 8 heteroatoms. The SMILES string of the molecule is CCCCN(C(=O)c1cccc(Cl)c1F)c1nnc(-c2ccc(C=O)cc2C)s1. The molecule has 150 valence electrons. The quantitative estimate of drug-likeness (QED) is 0.459. The third-order valence-corrected chi connectivity index (χ3v) is 5.70. The summed E-state index contributed by atoms with van der Waals surface area (Å²) < 4.78 is 14.4. The summed E-state index contributed by atoms with van der Waals surface area (Å²) in [7, 11) is 0. The van der Waals surface area contributed by atoms with E-state index >= 15 is 0 Å². The van der Waals surface area contributed by atoms with E-state index in [2.05, 4.69) is 10.2 Å². The number of hydrogen-bond acceptors (Lipinski definition) is 5. The third-order valence-electron chi connectivity index (χ3n) is 4.42. The highest BCUT2D eigenvalue weighted by atomic mass is 35.5. The molecule has 1 heterocycles. The molecule has 29 heavy (non-hydrogen) atoms. The van der Waals surface area contributed by atoms with E-state index in [0.717, 1.165) is 30.3 Å². The number of carbonyl (C=O) groups excluding carboxylic acids is 2. The Morgan fingerprint density at radius 1 is 1.28 bits per heavy atom. The molecule has 0 bridgehead atoms. The molecule has 0 saturated carbocycles. The van der Waals surface area contributed by atoms with Crippen LogP contribution in [0.5, 0.6) is 0 Å². The number of aromatic nitrogens is 2. The molecule has 0 unspecified atom stereocenters. The molecular weight excluding hydrogens is 413 g/mol. The number of aldehydes is 1. The van der Waals surface area contributed by atoms with Crippen LogP contribution in [0.3, 0.4) is 0 Å². The smallest absolute Gasteiger partial charge is 0.263 e. The first-order valence-corrected chi connectivity index (χ1v) is 10.3. The normalized spacial score (nSPS) is 10.8. The summed E-state index contributed by atoms with van der Waals surface area (Å²) in [5.74, 6) is -1.25. The maximum Gasteiger partial charge on any atom is 0.263 e. The van der Waals surface area contributed by atoms with Gasteiger partial charge in [-0.3, -0.25) is 14.5 Å². The molecule has 0 saturated heterocycles. The van der Waals surface area contributed by atoms with Crippen LogP contribution in [-0.2, 0) is 0 Å². The minimum absolute atomic E-state index is 0.100. The van der Waals surface area contributed by atoms with Crippen molar-refractivity contribution in [3.63, 3.8) is 0 Å². The zero-order valence-corrected chi connectivity index (χ0v) is 17.6. The van der Waals surface area contributed by atoms with E-state index < -0.39 is 11.7 Å². The van der Waals surface area contributed by atoms with E-state index in [-0.39, 0.29) is 10.6 Å². The second-order valence-corrected chi connectivity index (χ2v) is 7.86. The fraction of sp³-hybridized carbons (Fsp3) is 0.238. The molecule has 0 radical (unpaired) electrons. The lowest BCUT2D eigenvalue weighted by Crippen LogP contribution is -2.32. The van der Waals surface area contributed by atoms with E-state index in [9.17, 15) is 14.0 Å². The van der Waals surface area contributed by atoms with Crippen molar-refractivity contribution in [3.05, 3.63) is 63.9 Å². The van der Waals surface area contributed by atoms with Gasteiger partial charge < -0.3 is 0 Å². The standard InChI is InChI=1S/C21H19ClFN3O2S/c1-3-4-10-26(20(28)16-6-5-7-17(22)18(16)23)21-25-24-19(29-21)15-9-8-14(12-27)11-13(15)2/h5-9,11-12H,3-4,10H2,1-2H3. The van der Waals surface area contributed by atoms with Crippen molar-refractivity contribution in [2.45, 2.75) is 26.7 Å². The number of unbranched alkanes of at least 4 members (excludes halogenated alkanes) is 1. The maximum absolute atomic E-state index is 14.4. The lowest BCUT2D eigenvalue weighted by atomic mass is 10.1. The predicted octanol–water partition coefficient (Wildman–Crippen LogP) is 5.57. The molecular formula is C21H19ClFN3O2S. The predicted molar refractivity (Wildman–Crippen MR) is 113 cm³/mol. The van der Waals surface area contributed by atoms with E-state index in [1.165, 1.54) is 28.4 Å². The van der Waals surface area contributed by atoms with Crippen LogP contribution in [0.4, 0.5) is 9.52 Å². The molecule has 3 aromatic rings. The lowest BCUT2D eigenvalue weighted by molar-refractivity contribution is 0.0982. The largest absolute Gasteiger partial charge is 0.298 e. The van der Waals surface area contributed by atoms with Gasteiger partial charge in [0.25, 0.3) is 5.91 Å². The fourth-order valence-electron chi connectivity index (χ4n) is 2.85. The first-order chi connectivity index (χ1) is 14.0. The Hall–Kier alpha value is -2.64. The van der Waals surface area contributed by atoms with Gasteiger partial charge in [-0.1, -0.05) is 54.5 Å². The van der Waals surface area contributed by atoms with Crippen LogP contribution in [0.15, 0.2) is 36.4 Å². The fourth-order valence-corrected chi connectivity index (χ4v) is 3.98. The number of hydrogen-bond donors (Lipinski definition) is 0. The molecule has 0 aliphatic carbocycles. The highest BCUT2D eigenvalue weighted by Crippen LogP contribution is 2.32. The highest BCUT2D eigenvalue weighted by molar-refractivity contribution is 7.18. The summed E-state index contributed by atoms with van der Waals surface area (Å²) in [6, 6.07) is 9.63. The second kappa shape index (κ2) is 9.24. The van der Waals surface area contributed by atoms with Crippen LogP contribution in [0, 0.1) is 12.7 Å². The Bertz CT molecular complexity index is 1050. The molecule has 5 nitrogen and oxygen atoms in total. The van der Waals surface area contributed by atoms with E-state index in [1.54, 1.807) is 24.3 Å². The number of amides is 1. The van der Waals surface area contributed by atoms with Crippen molar-refractivity contribution in [2.75, 3.05) is 11.4 Å². The molecule has 0 atom stereocenters. The minimum Gasteiger partial charge on any atom is -0.298 e. The van der Waals surface area contributed by atoms with Gasteiger partial charge in [0.05, 0.1) is 10.6 Å². The molecule has 2 aromatic carbocycles. The number of halogens is 2. The Labute approximate surface area is 177 Å². The Morgan fingerprint density at radius 2 is 2.07 bits per heavy atom. The van der Waals surface area contributed by atoms with Crippen molar-refractivity contribution in [1.29, 1.82) is 0 Å². The zero-order chi connectivity index (χ0) is 21.0. The van der Waals surface area contributed by atoms with Crippen molar-refractivity contribution in [1.82, 2.24) is 10.2 Å². The molecule has 1 aromatic heterocycles. The Morgan fingerprint density at radius 3 is 2.76 bits per heavy atom. The Kier molecular flexibility index (Phi) is 6.71. The van der Waals surface area contributed by atoms with E-state index in [4.69, 9.17) is 11.6 Å². The summed E-state index contributed by atoms with van der Waals surface area (Å²) in [4.78, 5) is 25.4. The first-order valence-electron chi connectivity index (χ1n) is 9.11. The number of carbonyl (C=O) groups is 2. The van der Waals surface area contributed by atoms with E-state index in [1.807, 2.05) is 13.8 Å². The summed E-state index contributed by atoms with van der Waals surface area (Å²) in [6.45, 7) is 4.27. The number of nitrogens with zero attached hydrogens (tertiary/aromatic N) is 3. The first kappa shape index (κ1) is 21.1. The molecule has 0 spiro atoms. The van der Waals surface area contributed by atoms with Crippen LogP contribution in [0.1, 0.15) is 46.0 Å². The Balaban J connectivity index is 1.97. The minimum atomic E-state index is -0.745. The van der Waals surface area contributed by atoms with Gasteiger partial charge in [-0.25, -0.2) is 4.39 Å². The number of aryl methyl sites for hydroxylation is 1. The average Bonchev–Trinajstić information content (AvgIpc) is 3.19. The molecule has 0 N–H and O–H groups in total. The van der Waals surface area contributed by atoms with Crippen LogP contribution >= 0.6 is 22.9 Å². The van der Waals surface area contributed by atoms with Crippen molar-refractivity contribution < 1.29 is 14.0 Å². The lowest BCUT2D eigenvalue weighted by Gasteiger charge is -2.19. The molecule has 3 rings (SSSR count). The van der Waals surface area contributed by atoms with Crippen molar-refractivity contribution >= 4 is 40.3 Å². The highest BCUT2D eigenvalue weighted by Gasteiger charge is 2.25. The van der Waals surface area contributed by atoms with Gasteiger partial charge >= 0.3 is 0 Å². The van der Waals surface area contributed by atoms with Crippen molar-refractivity contribution in [3.8, 4) is 10.6 Å². The summed E-state index contributed by atoms with van der Waals surface area (Å²) in [5.41, 5.74) is 2.19. The number of rotatable bonds is 7. The zero-order valence-electron chi connectivity index (χ0n) is 16.0. The average molecular weight is 432 g/mol. The van der Waals surface area contributed by atoms with Gasteiger partial charge in [-0.15, -0.1) is 10.2 Å². The van der Waals surface area contributed by atoms with Gasteiger partial charge in [0.1, 0.15) is 11.3 Å². The summed E-state index contributed by atoms with van der Waals surface area (Å²) >= 11 is 7.09. The molecule has 0 aliphatic heterocycles. The van der Waals surface area contributed by atoms with E-state index in [0.29, 0.717) is 22.2 Å². The molecule has 1 amide bonds. The second-order valence-electron chi connectivity index (χ2n) is 6.49. The van der Waals surface area contributed by atoms with Crippen LogP contribution in [0.2, 0.25) is 5.02 Å². The van der Waals surface area contributed by atoms with Crippen molar-refractivity contribution in [2.24, 2.45) is 0 Å². The van der Waals surface area contributed by atoms with Gasteiger partial charge in [-0.05, 0) is 37.1 Å².